The first kappa shape index (κ1) is 18.1. The van der Waals surface area contributed by atoms with E-state index in [2.05, 4.69) is 10.0 Å². The minimum atomic E-state index is -3.71. The van der Waals surface area contributed by atoms with Crippen molar-refractivity contribution < 1.29 is 12.8 Å². The zero-order chi connectivity index (χ0) is 16.0. The fourth-order valence-electron chi connectivity index (χ4n) is 2.27. The third kappa shape index (κ3) is 4.76. The van der Waals surface area contributed by atoms with E-state index >= 15 is 0 Å². The van der Waals surface area contributed by atoms with Crippen LogP contribution in [-0.4, -0.2) is 21.5 Å². The molecule has 1 atom stereocenters. The number of nitrogens with one attached hydrogen (secondary N) is 2. The molecule has 0 saturated carbocycles. The molecule has 1 unspecified atom stereocenters. The Kier molecular flexibility index (Phi) is 6.77. The van der Waals surface area contributed by atoms with Gasteiger partial charge in [0.1, 0.15) is 5.82 Å². The van der Waals surface area contributed by atoms with Gasteiger partial charge >= 0.3 is 0 Å². The van der Waals surface area contributed by atoms with Crippen molar-refractivity contribution in [3.63, 3.8) is 0 Å². The van der Waals surface area contributed by atoms with E-state index in [1.165, 1.54) is 19.1 Å². The summed E-state index contributed by atoms with van der Waals surface area (Å²) in [6.07, 6.45) is 2.38. The van der Waals surface area contributed by atoms with Crippen molar-refractivity contribution in [3.8, 4) is 0 Å². The lowest BCUT2D eigenvalue weighted by molar-refractivity contribution is 0.510. The van der Waals surface area contributed by atoms with E-state index in [9.17, 15) is 12.8 Å². The van der Waals surface area contributed by atoms with Gasteiger partial charge in [0.05, 0.1) is 4.90 Å². The fraction of sp³-hybridized carbons (Fsp3) is 0.600. The van der Waals surface area contributed by atoms with Crippen LogP contribution >= 0.6 is 0 Å². The van der Waals surface area contributed by atoms with Gasteiger partial charge in [-0.25, -0.2) is 17.5 Å². The number of hydrogen-bond acceptors (Lipinski definition) is 3. The molecule has 2 N–H and O–H groups in total. The average Bonchev–Trinajstić information content (AvgIpc) is 2.42. The van der Waals surface area contributed by atoms with Crippen LogP contribution in [0.5, 0.6) is 0 Å². The molecule has 0 saturated heterocycles. The Morgan fingerprint density at radius 2 is 1.95 bits per heavy atom. The number of benzene rings is 1. The van der Waals surface area contributed by atoms with Crippen molar-refractivity contribution >= 4 is 10.0 Å². The predicted molar refractivity (Wildman–Crippen MR) is 83.2 cm³/mol. The zero-order valence-electron chi connectivity index (χ0n) is 13.2. The molecule has 4 nitrogen and oxygen atoms in total. The molecule has 0 bridgehead atoms. The molecule has 0 aromatic heterocycles. The summed E-state index contributed by atoms with van der Waals surface area (Å²) in [5.74, 6) is -0.494. The smallest absolute Gasteiger partial charge is 0.241 e. The highest BCUT2D eigenvalue weighted by atomic mass is 32.2. The molecule has 21 heavy (non-hydrogen) atoms. The Morgan fingerprint density at radius 3 is 2.48 bits per heavy atom. The minimum absolute atomic E-state index is 0.0299. The summed E-state index contributed by atoms with van der Waals surface area (Å²) >= 11 is 0. The Morgan fingerprint density at radius 1 is 1.29 bits per heavy atom. The summed E-state index contributed by atoms with van der Waals surface area (Å²) in [6, 6.07) is 2.79. The van der Waals surface area contributed by atoms with E-state index in [-0.39, 0.29) is 16.5 Å². The maximum Gasteiger partial charge on any atom is 0.241 e. The van der Waals surface area contributed by atoms with Crippen LogP contribution in [0.3, 0.4) is 0 Å². The first-order valence-electron chi connectivity index (χ1n) is 7.31. The third-order valence-corrected chi connectivity index (χ3v) is 5.13. The van der Waals surface area contributed by atoms with Crippen molar-refractivity contribution in [1.82, 2.24) is 10.0 Å². The zero-order valence-corrected chi connectivity index (χ0v) is 14.0. The Balaban J connectivity index is 3.17. The van der Waals surface area contributed by atoms with E-state index in [0.29, 0.717) is 18.5 Å². The van der Waals surface area contributed by atoms with Crippen LogP contribution < -0.4 is 10.0 Å². The van der Waals surface area contributed by atoms with Gasteiger partial charge in [-0.3, -0.25) is 0 Å². The number of rotatable bonds is 8. The largest absolute Gasteiger partial charge is 0.316 e. The van der Waals surface area contributed by atoms with Crippen LogP contribution in [0.2, 0.25) is 0 Å². The number of halogens is 1. The summed E-state index contributed by atoms with van der Waals surface area (Å²) < 4.78 is 41.6. The molecule has 6 heteroatoms. The van der Waals surface area contributed by atoms with Crippen molar-refractivity contribution in [2.24, 2.45) is 0 Å². The lowest BCUT2D eigenvalue weighted by atomic mass is 10.1. The highest BCUT2D eigenvalue weighted by Gasteiger charge is 2.22. The fourth-order valence-corrected chi connectivity index (χ4v) is 3.93. The molecule has 0 aliphatic carbocycles. The maximum absolute atomic E-state index is 13.9. The van der Waals surface area contributed by atoms with Crippen molar-refractivity contribution in [1.29, 1.82) is 0 Å². The summed E-state index contributed by atoms with van der Waals surface area (Å²) in [5, 5.41) is 2.90. The third-order valence-electron chi connectivity index (χ3n) is 3.48. The van der Waals surface area contributed by atoms with E-state index < -0.39 is 15.8 Å². The van der Waals surface area contributed by atoms with Gasteiger partial charge in [-0.05, 0) is 44.5 Å². The van der Waals surface area contributed by atoms with Gasteiger partial charge in [-0.15, -0.1) is 0 Å². The van der Waals surface area contributed by atoms with Gasteiger partial charge in [-0.2, -0.15) is 0 Å². The summed E-state index contributed by atoms with van der Waals surface area (Å²) in [6.45, 7) is 5.86. The van der Waals surface area contributed by atoms with Crippen LogP contribution in [0.25, 0.3) is 0 Å². The summed E-state index contributed by atoms with van der Waals surface area (Å²) in [4.78, 5) is 0.0299. The second-order valence-electron chi connectivity index (χ2n) is 5.25. The molecule has 0 heterocycles. The predicted octanol–water partition coefficient (Wildman–Crippen LogP) is 2.71. The van der Waals surface area contributed by atoms with Gasteiger partial charge in [0.15, 0.2) is 0 Å². The van der Waals surface area contributed by atoms with Crippen LogP contribution in [0.1, 0.15) is 44.2 Å². The Labute approximate surface area is 127 Å². The average molecular weight is 316 g/mol. The molecule has 0 fully saturated rings. The van der Waals surface area contributed by atoms with Crippen LogP contribution in [-0.2, 0) is 16.6 Å². The topological polar surface area (TPSA) is 58.2 Å². The van der Waals surface area contributed by atoms with Crippen molar-refractivity contribution in [2.75, 3.05) is 7.05 Å². The summed E-state index contributed by atoms with van der Waals surface area (Å²) in [7, 11) is -1.97. The van der Waals surface area contributed by atoms with Gasteiger partial charge in [0, 0.05) is 18.2 Å². The molecule has 0 amide bonds. The monoisotopic (exact) mass is 316 g/mol. The maximum atomic E-state index is 13.9. The quantitative estimate of drug-likeness (QED) is 0.775. The van der Waals surface area contributed by atoms with E-state index in [1.807, 2.05) is 13.8 Å². The molecule has 0 spiro atoms. The molecular weight excluding hydrogens is 291 g/mol. The molecule has 120 valence electrons. The van der Waals surface area contributed by atoms with Crippen LogP contribution in [0, 0.1) is 12.7 Å². The number of sulfonamides is 1. The SMILES string of the molecule is CCCC(CC)NS(=O)(=O)c1cc(CNC)cc(F)c1C. The first-order valence-corrected chi connectivity index (χ1v) is 8.79. The molecule has 0 radical (unpaired) electrons. The molecule has 0 aliphatic rings. The van der Waals surface area contributed by atoms with Gasteiger partial charge in [0.25, 0.3) is 0 Å². The van der Waals surface area contributed by atoms with Crippen LogP contribution in [0.15, 0.2) is 17.0 Å². The molecule has 1 aromatic carbocycles. The second kappa shape index (κ2) is 7.87. The highest BCUT2D eigenvalue weighted by molar-refractivity contribution is 7.89. The number of hydrogen-bond donors (Lipinski definition) is 2. The Hall–Kier alpha value is -0.980. The Bertz CT molecular complexity index is 573. The molecule has 0 aliphatic heterocycles. The van der Waals surface area contributed by atoms with Gasteiger partial charge in [-0.1, -0.05) is 20.3 Å². The van der Waals surface area contributed by atoms with Crippen molar-refractivity contribution in [2.45, 2.75) is 57.5 Å². The molecule has 1 aromatic rings. The van der Waals surface area contributed by atoms with E-state index in [4.69, 9.17) is 0 Å². The van der Waals surface area contributed by atoms with E-state index in [1.54, 1.807) is 7.05 Å². The van der Waals surface area contributed by atoms with Gasteiger partial charge in [0.2, 0.25) is 10.0 Å². The highest BCUT2D eigenvalue weighted by Crippen LogP contribution is 2.21. The normalized spacial score (nSPS) is 13.4. The van der Waals surface area contributed by atoms with Crippen LogP contribution in [0.4, 0.5) is 4.39 Å². The van der Waals surface area contributed by atoms with Gasteiger partial charge < -0.3 is 5.32 Å². The molecular formula is C15H25FN2O2S. The second-order valence-corrected chi connectivity index (χ2v) is 6.93. The lowest BCUT2D eigenvalue weighted by Crippen LogP contribution is -2.34. The first-order chi connectivity index (χ1) is 9.85. The lowest BCUT2D eigenvalue weighted by Gasteiger charge is -2.18. The summed E-state index contributed by atoms with van der Waals surface area (Å²) in [5.41, 5.74) is 0.776. The van der Waals surface area contributed by atoms with E-state index in [0.717, 1.165) is 12.8 Å². The standard InChI is InChI=1S/C15H25FN2O2S/c1-5-7-13(6-2)18-21(19,20)15-9-12(10-17-4)8-14(16)11(15)3/h8-9,13,17-18H,5-7,10H2,1-4H3. The molecule has 1 rings (SSSR count). The minimum Gasteiger partial charge on any atom is -0.316 e. The van der Waals surface area contributed by atoms with Crippen molar-refractivity contribution in [3.05, 3.63) is 29.1 Å².